The van der Waals surface area contributed by atoms with Gasteiger partial charge >= 0.3 is 0 Å². The van der Waals surface area contributed by atoms with Crippen molar-refractivity contribution in [1.82, 2.24) is 4.98 Å². The molecule has 1 aromatic heterocycles. The van der Waals surface area contributed by atoms with Gasteiger partial charge in [0, 0.05) is 24.0 Å². The standard InChI is InChI=1S/C16H20N2O2/c1-16(2,3)11-5-8-15(18-10-11)20-13-7-6-12(17)9-14(13)19-4/h5-10H,17H2,1-4H3. The quantitative estimate of drug-likeness (QED) is 0.864. The minimum absolute atomic E-state index is 0.0738. The van der Waals surface area contributed by atoms with Crippen LogP contribution in [-0.2, 0) is 5.41 Å². The highest BCUT2D eigenvalue weighted by atomic mass is 16.5. The average molecular weight is 272 g/mol. The molecule has 0 atom stereocenters. The van der Waals surface area contributed by atoms with Crippen LogP contribution in [0, 0.1) is 0 Å². The smallest absolute Gasteiger partial charge is 0.219 e. The van der Waals surface area contributed by atoms with E-state index in [9.17, 15) is 0 Å². The second kappa shape index (κ2) is 5.41. The van der Waals surface area contributed by atoms with Crippen molar-refractivity contribution in [1.29, 1.82) is 0 Å². The summed E-state index contributed by atoms with van der Waals surface area (Å²) in [6, 6.07) is 9.14. The number of anilines is 1. The number of hydrogen-bond acceptors (Lipinski definition) is 4. The number of ether oxygens (including phenoxy) is 2. The first-order valence-electron chi connectivity index (χ1n) is 6.48. The van der Waals surface area contributed by atoms with Gasteiger partial charge in [-0.3, -0.25) is 0 Å². The predicted octanol–water partition coefficient (Wildman–Crippen LogP) is 3.76. The Labute approximate surface area is 119 Å². The number of pyridine rings is 1. The van der Waals surface area contributed by atoms with Crippen LogP contribution in [0.4, 0.5) is 5.69 Å². The molecule has 20 heavy (non-hydrogen) atoms. The first-order valence-corrected chi connectivity index (χ1v) is 6.48. The fourth-order valence-electron chi connectivity index (χ4n) is 1.77. The summed E-state index contributed by atoms with van der Waals surface area (Å²) in [7, 11) is 1.58. The van der Waals surface area contributed by atoms with Crippen molar-refractivity contribution in [3.63, 3.8) is 0 Å². The largest absolute Gasteiger partial charge is 0.493 e. The minimum Gasteiger partial charge on any atom is -0.493 e. The zero-order chi connectivity index (χ0) is 14.8. The predicted molar refractivity (Wildman–Crippen MR) is 80.4 cm³/mol. The summed E-state index contributed by atoms with van der Waals surface area (Å²) in [5, 5.41) is 0. The van der Waals surface area contributed by atoms with Crippen molar-refractivity contribution < 1.29 is 9.47 Å². The number of nitrogens with two attached hydrogens (primary N) is 1. The van der Waals surface area contributed by atoms with Crippen molar-refractivity contribution in [2.75, 3.05) is 12.8 Å². The molecule has 1 heterocycles. The Morgan fingerprint density at radius 3 is 2.35 bits per heavy atom. The maximum absolute atomic E-state index is 5.73. The average Bonchev–Trinajstić information content (AvgIpc) is 2.40. The molecule has 0 fully saturated rings. The van der Waals surface area contributed by atoms with Crippen LogP contribution in [0.1, 0.15) is 26.3 Å². The van der Waals surface area contributed by atoms with E-state index in [2.05, 4.69) is 25.8 Å². The van der Waals surface area contributed by atoms with Gasteiger partial charge in [0.1, 0.15) is 0 Å². The van der Waals surface area contributed by atoms with Crippen LogP contribution in [0.2, 0.25) is 0 Å². The molecule has 0 bridgehead atoms. The van der Waals surface area contributed by atoms with E-state index in [0.29, 0.717) is 23.1 Å². The lowest BCUT2D eigenvalue weighted by Crippen LogP contribution is -2.11. The molecule has 0 radical (unpaired) electrons. The summed E-state index contributed by atoms with van der Waals surface area (Å²) in [6.45, 7) is 6.44. The Balaban J connectivity index is 2.22. The van der Waals surface area contributed by atoms with Gasteiger partial charge in [-0.15, -0.1) is 0 Å². The Bertz CT molecular complexity index is 586. The van der Waals surface area contributed by atoms with E-state index in [0.717, 1.165) is 5.56 Å². The zero-order valence-electron chi connectivity index (χ0n) is 12.3. The SMILES string of the molecule is COc1cc(N)ccc1Oc1ccc(C(C)(C)C)cn1. The summed E-state index contributed by atoms with van der Waals surface area (Å²) < 4.78 is 11.0. The van der Waals surface area contributed by atoms with Gasteiger partial charge in [-0.25, -0.2) is 4.98 Å². The maximum atomic E-state index is 5.73. The van der Waals surface area contributed by atoms with Crippen molar-refractivity contribution in [3.8, 4) is 17.4 Å². The van der Waals surface area contributed by atoms with Gasteiger partial charge in [0.2, 0.25) is 5.88 Å². The molecule has 4 nitrogen and oxygen atoms in total. The van der Waals surface area contributed by atoms with Crippen LogP contribution < -0.4 is 15.2 Å². The molecule has 106 valence electrons. The van der Waals surface area contributed by atoms with Gasteiger partial charge in [-0.2, -0.15) is 0 Å². The second-order valence-electron chi connectivity index (χ2n) is 5.65. The topological polar surface area (TPSA) is 57.4 Å². The maximum Gasteiger partial charge on any atom is 0.219 e. The Morgan fingerprint density at radius 2 is 1.80 bits per heavy atom. The normalized spacial score (nSPS) is 11.2. The molecular weight excluding hydrogens is 252 g/mol. The van der Waals surface area contributed by atoms with Crippen LogP contribution in [0.25, 0.3) is 0 Å². The molecule has 0 aliphatic heterocycles. The van der Waals surface area contributed by atoms with Gasteiger partial charge in [0.05, 0.1) is 7.11 Å². The lowest BCUT2D eigenvalue weighted by molar-refractivity contribution is 0.374. The van der Waals surface area contributed by atoms with Gasteiger partial charge in [-0.05, 0) is 23.1 Å². The lowest BCUT2D eigenvalue weighted by Gasteiger charge is -2.18. The molecule has 2 rings (SSSR count). The van der Waals surface area contributed by atoms with Crippen molar-refractivity contribution in [2.45, 2.75) is 26.2 Å². The van der Waals surface area contributed by atoms with Crippen LogP contribution >= 0.6 is 0 Å². The highest BCUT2D eigenvalue weighted by Crippen LogP contribution is 2.32. The molecule has 2 aromatic rings. The third kappa shape index (κ3) is 3.20. The van der Waals surface area contributed by atoms with Crippen molar-refractivity contribution in [3.05, 3.63) is 42.1 Å². The van der Waals surface area contributed by atoms with Crippen LogP contribution in [0.15, 0.2) is 36.5 Å². The molecule has 0 spiro atoms. The first kappa shape index (κ1) is 14.2. The molecule has 0 unspecified atom stereocenters. The fraction of sp³-hybridized carbons (Fsp3) is 0.312. The number of nitrogens with zero attached hydrogens (tertiary/aromatic N) is 1. The summed E-state index contributed by atoms with van der Waals surface area (Å²) in [5.74, 6) is 1.71. The molecule has 0 saturated heterocycles. The Kier molecular flexibility index (Phi) is 3.84. The van der Waals surface area contributed by atoms with Gasteiger partial charge in [0.15, 0.2) is 11.5 Å². The van der Waals surface area contributed by atoms with E-state index in [1.54, 1.807) is 25.3 Å². The molecule has 0 aliphatic rings. The van der Waals surface area contributed by atoms with Crippen LogP contribution in [-0.4, -0.2) is 12.1 Å². The highest BCUT2D eigenvalue weighted by Gasteiger charge is 2.14. The van der Waals surface area contributed by atoms with E-state index >= 15 is 0 Å². The van der Waals surface area contributed by atoms with E-state index in [1.165, 1.54) is 0 Å². The minimum atomic E-state index is 0.0738. The molecule has 0 saturated carbocycles. The first-order chi connectivity index (χ1) is 9.40. The number of rotatable bonds is 3. The number of nitrogen functional groups attached to an aromatic ring is 1. The van der Waals surface area contributed by atoms with Crippen molar-refractivity contribution >= 4 is 5.69 Å². The summed E-state index contributed by atoms with van der Waals surface area (Å²) in [4.78, 5) is 4.33. The van der Waals surface area contributed by atoms with Gasteiger partial charge in [-0.1, -0.05) is 26.8 Å². The third-order valence-electron chi connectivity index (χ3n) is 3.00. The van der Waals surface area contributed by atoms with E-state index in [1.807, 2.05) is 18.3 Å². The van der Waals surface area contributed by atoms with Crippen LogP contribution in [0.5, 0.6) is 17.4 Å². The van der Waals surface area contributed by atoms with E-state index < -0.39 is 0 Å². The molecule has 4 heteroatoms. The molecular formula is C16H20N2O2. The number of aromatic nitrogens is 1. The summed E-state index contributed by atoms with van der Waals surface area (Å²) in [6.07, 6.45) is 1.83. The Hall–Kier alpha value is -2.23. The monoisotopic (exact) mass is 272 g/mol. The molecule has 2 N–H and O–H groups in total. The van der Waals surface area contributed by atoms with Gasteiger partial charge < -0.3 is 15.2 Å². The lowest BCUT2D eigenvalue weighted by atomic mass is 9.88. The van der Waals surface area contributed by atoms with Gasteiger partial charge in [0.25, 0.3) is 0 Å². The van der Waals surface area contributed by atoms with E-state index in [-0.39, 0.29) is 5.41 Å². The number of hydrogen-bond donors (Lipinski definition) is 1. The van der Waals surface area contributed by atoms with Crippen molar-refractivity contribution in [2.24, 2.45) is 0 Å². The van der Waals surface area contributed by atoms with Crippen LogP contribution in [0.3, 0.4) is 0 Å². The molecule has 0 amide bonds. The molecule has 0 aliphatic carbocycles. The summed E-state index contributed by atoms with van der Waals surface area (Å²) in [5.41, 5.74) is 7.58. The number of benzene rings is 1. The fourth-order valence-corrected chi connectivity index (χ4v) is 1.77. The zero-order valence-corrected chi connectivity index (χ0v) is 12.3. The number of methoxy groups -OCH3 is 1. The highest BCUT2D eigenvalue weighted by molar-refractivity contribution is 5.52. The molecule has 1 aromatic carbocycles. The van der Waals surface area contributed by atoms with E-state index in [4.69, 9.17) is 15.2 Å². The third-order valence-corrected chi connectivity index (χ3v) is 3.00. The summed E-state index contributed by atoms with van der Waals surface area (Å²) >= 11 is 0. The Morgan fingerprint density at radius 1 is 1.05 bits per heavy atom. The second-order valence-corrected chi connectivity index (χ2v) is 5.65.